The molecule has 0 atom stereocenters. The summed E-state index contributed by atoms with van der Waals surface area (Å²) in [5, 5.41) is 8.80. The molecule has 1 heterocycles. The number of carbonyl (C=O) groups is 1. The van der Waals surface area contributed by atoms with Gasteiger partial charge in [0.05, 0.1) is 6.21 Å². The molecule has 122 valence electrons. The van der Waals surface area contributed by atoms with Crippen molar-refractivity contribution < 1.29 is 22.7 Å². The van der Waals surface area contributed by atoms with Gasteiger partial charge in [-0.15, -0.1) is 5.10 Å². The van der Waals surface area contributed by atoms with E-state index in [1.807, 2.05) is 5.10 Å². The largest absolute Gasteiger partial charge is 0.484 e. The number of aromatic nitrogens is 3. The van der Waals surface area contributed by atoms with Crippen LogP contribution < -0.4 is 10.5 Å². The average Bonchev–Trinajstić information content (AvgIpc) is 2.85. The monoisotopic (exact) mass is 345 g/mol. The van der Waals surface area contributed by atoms with Crippen LogP contribution in [0, 0.1) is 4.77 Å². The third-order valence-corrected chi connectivity index (χ3v) is 2.75. The van der Waals surface area contributed by atoms with Crippen molar-refractivity contribution in [2.24, 2.45) is 10.8 Å². The number of halogens is 3. The molecule has 3 N–H and O–H groups in total. The van der Waals surface area contributed by atoms with Gasteiger partial charge in [-0.05, 0) is 42.0 Å². The van der Waals surface area contributed by atoms with Crippen LogP contribution in [0.15, 0.2) is 29.4 Å². The highest BCUT2D eigenvalue weighted by molar-refractivity contribution is 7.71. The van der Waals surface area contributed by atoms with Crippen LogP contribution >= 0.6 is 12.2 Å². The van der Waals surface area contributed by atoms with Crippen LogP contribution in [-0.2, 0) is 11.0 Å². The number of rotatable bonds is 5. The summed E-state index contributed by atoms with van der Waals surface area (Å²) in [6.07, 6.45) is -3.50. The van der Waals surface area contributed by atoms with E-state index in [0.717, 1.165) is 0 Å². The second-order valence-electron chi connectivity index (χ2n) is 4.23. The lowest BCUT2D eigenvalue weighted by atomic mass is 10.2. The number of ether oxygens (including phenoxy) is 1. The minimum atomic E-state index is -4.68. The number of alkyl halides is 3. The fourth-order valence-electron chi connectivity index (χ4n) is 1.51. The Morgan fingerprint density at radius 3 is 2.65 bits per heavy atom. The molecular formula is C12H10F3N5O2S. The van der Waals surface area contributed by atoms with E-state index in [1.54, 1.807) is 0 Å². The number of amides is 1. The zero-order valence-electron chi connectivity index (χ0n) is 11.4. The van der Waals surface area contributed by atoms with E-state index in [2.05, 4.69) is 10.2 Å². The maximum absolute atomic E-state index is 12.7. The van der Waals surface area contributed by atoms with Crippen LogP contribution in [0.5, 0.6) is 5.75 Å². The molecule has 0 aliphatic heterocycles. The number of aromatic amines is 1. The molecule has 0 unspecified atom stereocenters. The predicted molar refractivity (Wildman–Crippen MR) is 76.5 cm³/mol. The Bertz CT molecular complexity index is 779. The van der Waals surface area contributed by atoms with Gasteiger partial charge in [0, 0.05) is 0 Å². The Morgan fingerprint density at radius 2 is 2.09 bits per heavy atom. The molecule has 2 aromatic rings. The topological polar surface area (TPSA) is 98.3 Å². The van der Waals surface area contributed by atoms with E-state index in [-0.39, 0.29) is 11.4 Å². The lowest BCUT2D eigenvalue weighted by Crippen LogP contribution is -2.19. The van der Waals surface area contributed by atoms with E-state index < -0.39 is 17.9 Å². The summed E-state index contributed by atoms with van der Waals surface area (Å²) in [4.78, 5) is 10.6. The highest BCUT2D eigenvalue weighted by atomic mass is 32.1. The van der Waals surface area contributed by atoms with E-state index in [1.165, 1.54) is 30.5 Å². The summed E-state index contributed by atoms with van der Waals surface area (Å²) in [6.45, 7) is -0.271. The standard InChI is InChI=1S/C12H10F3N5O2S/c13-12(14,15)10-18-19-11(23)20(10)17-5-7-1-3-8(4-2-7)22-6-9(16)21/h1-5H,6H2,(H2,16,21)(H,19,23). The molecule has 23 heavy (non-hydrogen) atoms. The number of nitrogens with two attached hydrogens (primary N) is 1. The van der Waals surface area contributed by atoms with E-state index in [9.17, 15) is 18.0 Å². The minimum Gasteiger partial charge on any atom is -0.484 e. The third kappa shape index (κ3) is 4.39. The SMILES string of the molecule is NC(=O)COc1ccc(C=Nn2c(C(F)(F)F)n[nH]c2=S)cc1. The summed E-state index contributed by atoms with van der Waals surface area (Å²) >= 11 is 4.70. The molecule has 0 saturated carbocycles. The van der Waals surface area contributed by atoms with Gasteiger partial charge in [-0.3, -0.25) is 4.79 Å². The first-order valence-corrected chi connectivity index (χ1v) is 6.48. The van der Waals surface area contributed by atoms with Crippen LogP contribution in [0.4, 0.5) is 13.2 Å². The number of carbonyl (C=O) groups excluding carboxylic acids is 1. The first-order chi connectivity index (χ1) is 10.8. The molecule has 11 heteroatoms. The minimum absolute atomic E-state index is 0.271. The van der Waals surface area contributed by atoms with Crippen LogP contribution in [-0.4, -0.2) is 33.6 Å². The molecule has 0 aliphatic carbocycles. The molecule has 2 rings (SSSR count). The van der Waals surface area contributed by atoms with Crippen LogP contribution in [0.25, 0.3) is 0 Å². The summed E-state index contributed by atoms with van der Waals surface area (Å²) in [5.41, 5.74) is 5.43. The summed E-state index contributed by atoms with van der Waals surface area (Å²) in [7, 11) is 0. The molecule has 0 spiro atoms. The molecule has 1 aromatic carbocycles. The zero-order chi connectivity index (χ0) is 17.0. The molecular weight excluding hydrogens is 335 g/mol. The highest BCUT2D eigenvalue weighted by Crippen LogP contribution is 2.27. The van der Waals surface area contributed by atoms with Gasteiger partial charge in [-0.2, -0.15) is 22.9 Å². The third-order valence-electron chi connectivity index (χ3n) is 2.49. The van der Waals surface area contributed by atoms with Crippen LogP contribution in [0.2, 0.25) is 0 Å². The first-order valence-electron chi connectivity index (χ1n) is 6.07. The van der Waals surface area contributed by atoms with E-state index in [4.69, 9.17) is 22.7 Å². The maximum atomic E-state index is 12.7. The van der Waals surface area contributed by atoms with Crippen molar-refractivity contribution in [3.8, 4) is 5.75 Å². The molecule has 0 aliphatic rings. The summed E-state index contributed by atoms with van der Waals surface area (Å²) < 4.78 is 43.4. The van der Waals surface area contributed by atoms with Gasteiger partial charge in [0.15, 0.2) is 6.61 Å². The molecule has 1 aromatic heterocycles. The molecule has 0 fully saturated rings. The van der Waals surface area contributed by atoms with Crippen molar-refractivity contribution in [3.63, 3.8) is 0 Å². The average molecular weight is 345 g/mol. The Kier molecular flexibility index (Phi) is 4.79. The lowest BCUT2D eigenvalue weighted by molar-refractivity contribution is -0.147. The normalized spacial score (nSPS) is 11.8. The molecule has 0 radical (unpaired) electrons. The van der Waals surface area contributed by atoms with Crippen molar-refractivity contribution >= 4 is 24.3 Å². The molecule has 0 saturated heterocycles. The van der Waals surface area contributed by atoms with Crippen LogP contribution in [0.3, 0.4) is 0 Å². The van der Waals surface area contributed by atoms with Gasteiger partial charge in [-0.1, -0.05) is 0 Å². The van der Waals surface area contributed by atoms with Gasteiger partial charge in [0.25, 0.3) is 11.7 Å². The van der Waals surface area contributed by atoms with Crippen LogP contribution in [0.1, 0.15) is 11.4 Å². The Morgan fingerprint density at radius 1 is 1.43 bits per heavy atom. The van der Waals surface area contributed by atoms with Crippen molar-refractivity contribution in [2.75, 3.05) is 6.61 Å². The van der Waals surface area contributed by atoms with E-state index >= 15 is 0 Å². The van der Waals surface area contributed by atoms with Crippen molar-refractivity contribution in [3.05, 3.63) is 40.4 Å². The molecule has 1 amide bonds. The van der Waals surface area contributed by atoms with Crippen molar-refractivity contribution in [2.45, 2.75) is 6.18 Å². The predicted octanol–water partition coefficient (Wildman–Crippen LogP) is 1.71. The van der Waals surface area contributed by atoms with Gasteiger partial charge < -0.3 is 10.5 Å². The number of H-pyrrole nitrogens is 1. The summed E-state index contributed by atoms with van der Waals surface area (Å²) in [6, 6.07) is 6.11. The van der Waals surface area contributed by atoms with Gasteiger partial charge in [-0.25, -0.2) is 5.10 Å². The second kappa shape index (κ2) is 6.60. The summed E-state index contributed by atoms with van der Waals surface area (Å²) in [5.74, 6) is -1.48. The number of hydrogen-bond acceptors (Lipinski definition) is 5. The molecule has 7 nitrogen and oxygen atoms in total. The number of nitrogens with one attached hydrogen (secondary N) is 1. The maximum Gasteiger partial charge on any atom is 0.453 e. The Labute approximate surface area is 132 Å². The number of hydrogen-bond donors (Lipinski definition) is 2. The number of benzene rings is 1. The van der Waals surface area contributed by atoms with Gasteiger partial charge in [0.2, 0.25) is 4.77 Å². The Balaban J connectivity index is 2.17. The number of nitrogens with zero attached hydrogens (tertiary/aromatic N) is 3. The highest BCUT2D eigenvalue weighted by Gasteiger charge is 2.37. The Hall–Kier alpha value is -2.69. The zero-order valence-corrected chi connectivity index (χ0v) is 12.2. The van der Waals surface area contributed by atoms with Gasteiger partial charge >= 0.3 is 6.18 Å². The van der Waals surface area contributed by atoms with Crippen molar-refractivity contribution in [1.29, 1.82) is 0 Å². The van der Waals surface area contributed by atoms with Gasteiger partial charge in [0.1, 0.15) is 5.75 Å². The first kappa shape index (κ1) is 16.7. The van der Waals surface area contributed by atoms with E-state index in [0.29, 0.717) is 16.0 Å². The quantitative estimate of drug-likeness (QED) is 0.636. The number of primary amides is 1. The second-order valence-corrected chi connectivity index (χ2v) is 4.62. The molecule has 0 bridgehead atoms. The fourth-order valence-corrected chi connectivity index (χ4v) is 1.69. The smallest absolute Gasteiger partial charge is 0.453 e. The lowest BCUT2D eigenvalue weighted by Gasteiger charge is -2.04. The van der Waals surface area contributed by atoms with Crippen molar-refractivity contribution in [1.82, 2.24) is 14.9 Å². The fraction of sp³-hybridized carbons (Fsp3) is 0.167.